The molecule has 2 unspecified atom stereocenters. The maximum Gasteiger partial charge on any atom is 0.416 e. The normalized spacial score (nSPS) is 13.4. The molecule has 2 aromatic rings. The highest BCUT2D eigenvalue weighted by Gasteiger charge is 2.30. The summed E-state index contributed by atoms with van der Waals surface area (Å²) in [4.78, 5) is 21.8. The third kappa shape index (κ3) is 6.70. The summed E-state index contributed by atoms with van der Waals surface area (Å²) in [5.41, 5.74) is 0.666. The van der Waals surface area contributed by atoms with E-state index in [1.54, 1.807) is 6.07 Å². The lowest BCUT2D eigenvalue weighted by Crippen LogP contribution is -2.47. The number of nitrogens with one attached hydrogen (secondary N) is 2. The molecule has 0 spiro atoms. The number of halogens is 3. The van der Waals surface area contributed by atoms with Crippen LogP contribution in [0.25, 0.3) is 0 Å². The summed E-state index contributed by atoms with van der Waals surface area (Å²) in [6, 6.07) is 13.8. The van der Waals surface area contributed by atoms with Gasteiger partial charge in [0, 0.05) is 13.1 Å². The monoisotopic (exact) mass is 394 g/mol. The Hall–Kier alpha value is -2.87. The van der Waals surface area contributed by atoms with Crippen molar-refractivity contribution in [3.63, 3.8) is 0 Å². The molecule has 2 atom stereocenters. The Bertz CT molecular complexity index is 754. The van der Waals surface area contributed by atoms with Gasteiger partial charge in [0.25, 0.3) is 6.47 Å². The number of carbonyl (C=O) groups is 2. The van der Waals surface area contributed by atoms with Gasteiger partial charge in [-0.05, 0) is 23.6 Å². The van der Waals surface area contributed by atoms with Crippen LogP contribution in [0.5, 0.6) is 0 Å². The van der Waals surface area contributed by atoms with Gasteiger partial charge < -0.3 is 15.4 Å². The molecule has 0 aromatic heterocycles. The maximum absolute atomic E-state index is 12.8. The average Bonchev–Trinajstić information content (AvgIpc) is 2.67. The zero-order valence-electron chi connectivity index (χ0n) is 15.0. The summed E-state index contributed by atoms with van der Waals surface area (Å²) in [5.74, 6) is 0. The predicted octanol–water partition coefficient (Wildman–Crippen LogP) is 2.69. The van der Waals surface area contributed by atoms with Crippen molar-refractivity contribution in [2.75, 3.05) is 6.54 Å². The van der Waals surface area contributed by atoms with Crippen molar-refractivity contribution >= 4 is 12.9 Å². The van der Waals surface area contributed by atoms with E-state index in [1.807, 2.05) is 30.3 Å². The van der Waals surface area contributed by atoms with Gasteiger partial charge in [-0.25, -0.2) is 0 Å². The van der Waals surface area contributed by atoms with E-state index in [0.717, 1.165) is 17.7 Å². The first-order valence-electron chi connectivity index (χ1n) is 8.63. The van der Waals surface area contributed by atoms with Crippen molar-refractivity contribution in [1.29, 1.82) is 0 Å². The third-order valence-electron chi connectivity index (χ3n) is 4.19. The minimum absolute atomic E-state index is 0.155. The molecular weight excluding hydrogens is 373 g/mol. The van der Waals surface area contributed by atoms with Crippen LogP contribution in [-0.4, -0.2) is 31.6 Å². The van der Waals surface area contributed by atoms with E-state index in [0.29, 0.717) is 24.9 Å². The van der Waals surface area contributed by atoms with Crippen LogP contribution in [-0.2, 0) is 33.5 Å². The SMILES string of the molecule is O=CNC(Cc1ccccc1)C(CNCc1cccc(C(F)(F)F)c1)OC=O. The van der Waals surface area contributed by atoms with Crippen molar-refractivity contribution in [1.82, 2.24) is 10.6 Å². The van der Waals surface area contributed by atoms with Crippen LogP contribution in [0.1, 0.15) is 16.7 Å². The first kappa shape index (κ1) is 21.4. The molecule has 0 heterocycles. The number of alkyl halides is 3. The first-order chi connectivity index (χ1) is 13.4. The predicted molar refractivity (Wildman–Crippen MR) is 97.2 cm³/mol. The molecular formula is C20H21F3N2O3. The molecule has 0 bridgehead atoms. The highest BCUT2D eigenvalue weighted by Crippen LogP contribution is 2.29. The lowest BCUT2D eigenvalue weighted by molar-refractivity contribution is -0.137. The van der Waals surface area contributed by atoms with Gasteiger partial charge in [0.05, 0.1) is 11.6 Å². The van der Waals surface area contributed by atoms with E-state index in [1.165, 1.54) is 6.07 Å². The van der Waals surface area contributed by atoms with Gasteiger partial charge in [-0.2, -0.15) is 13.2 Å². The van der Waals surface area contributed by atoms with Crippen molar-refractivity contribution in [3.8, 4) is 0 Å². The number of amides is 1. The number of hydrogen-bond donors (Lipinski definition) is 2. The minimum atomic E-state index is -4.41. The zero-order chi connectivity index (χ0) is 20.4. The van der Waals surface area contributed by atoms with Crippen LogP contribution in [0.2, 0.25) is 0 Å². The Kier molecular flexibility index (Phi) is 8.01. The average molecular weight is 394 g/mol. The second-order valence-electron chi connectivity index (χ2n) is 6.18. The highest BCUT2D eigenvalue weighted by atomic mass is 19.4. The summed E-state index contributed by atoms with van der Waals surface area (Å²) in [7, 11) is 0. The van der Waals surface area contributed by atoms with E-state index < -0.39 is 23.9 Å². The van der Waals surface area contributed by atoms with E-state index in [4.69, 9.17) is 4.74 Å². The largest absolute Gasteiger partial charge is 0.461 e. The second-order valence-corrected chi connectivity index (χ2v) is 6.18. The van der Waals surface area contributed by atoms with Crippen molar-refractivity contribution in [2.45, 2.75) is 31.3 Å². The standard InChI is InChI=1S/C20H21F3N2O3/c21-20(22,23)17-8-4-7-16(9-17)11-24-12-19(28-14-27)18(25-13-26)10-15-5-2-1-3-6-15/h1-9,13-14,18-19,24H,10-12H2,(H,25,26). The fourth-order valence-electron chi connectivity index (χ4n) is 2.83. The van der Waals surface area contributed by atoms with Crippen molar-refractivity contribution in [2.24, 2.45) is 0 Å². The highest BCUT2D eigenvalue weighted by molar-refractivity contribution is 5.47. The molecule has 8 heteroatoms. The van der Waals surface area contributed by atoms with E-state index in [9.17, 15) is 22.8 Å². The summed E-state index contributed by atoms with van der Waals surface area (Å²) in [6.45, 7) is 0.607. The van der Waals surface area contributed by atoms with Crippen LogP contribution in [0.3, 0.4) is 0 Å². The smallest absolute Gasteiger partial charge is 0.416 e. The first-order valence-corrected chi connectivity index (χ1v) is 8.63. The molecule has 2 N–H and O–H groups in total. The summed E-state index contributed by atoms with van der Waals surface area (Å²) >= 11 is 0. The summed E-state index contributed by atoms with van der Waals surface area (Å²) < 4.78 is 43.5. The minimum Gasteiger partial charge on any atom is -0.461 e. The van der Waals surface area contributed by atoms with E-state index in [2.05, 4.69) is 10.6 Å². The lowest BCUT2D eigenvalue weighted by Gasteiger charge is -2.25. The second kappa shape index (κ2) is 10.5. The number of hydrogen-bond acceptors (Lipinski definition) is 4. The molecule has 1 amide bonds. The maximum atomic E-state index is 12.8. The van der Waals surface area contributed by atoms with Crippen LogP contribution in [0.15, 0.2) is 54.6 Å². The number of benzene rings is 2. The van der Waals surface area contributed by atoms with Crippen LogP contribution >= 0.6 is 0 Å². The molecule has 0 saturated heterocycles. The Morgan fingerprint density at radius 3 is 2.36 bits per heavy atom. The zero-order valence-corrected chi connectivity index (χ0v) is 15.0. The van der Waals surface area contributed by atoms with Gasteiger partial charge in [0.15, 0.2) is 0 Å². The van der Waals surface area contributed by atoms with Gasteiger partial charge in [0.1, 0.15) is 6.10 Å². The third-order valence-corrected chi connectivity index (χ3v) is 4.19. The fraction of sp³-hybridized carbons (Fsp3) is 0.300. The number of ether oxygens (including phenoxy) is 1. The van der Waals surface area contributed by atoms with Gasteiger partial charge in [-0.1, -0.05) is 48.5 Å². The van der Waals surface area contributed by atoms with Gasteiger partial charge in [-0.15, -0.1) is 0 Å². The summed E-state index contributed by atoms with van der Waals surface area (Å²) in [5, 5.41) is 5.62. The molecule has 0 saturated carbocycles. The topological polar surface area (TPSA) is 67.4 Å². The van der Waals surface area contributed by atoms with Crippen LogP contribution in [0.4, 0.5) is 13.2 Å². The molecule has 0 aliphatic carbocycles. The quantitative estimate of drug-likeness (QED) is 0.575. The van der Waals surface area contributed by atoms with E-state index in [-0.39, 0.29) is 13.1 Å². The van der Waals surface area contributed by atoms with Crippen LogP contribution in [0, 0.1) is 0 Å². The van der Waals surface area contributed by atoms with Crippen molar-refractivity contribution in [3.05, 3.63) is 71.3 Å². The molecule has 2 rings (SSSR count). The molecule has 0 aliphatic rings. The van der Waals surface area contributed by atoms with E-state index >= 15 is 0 Å². The molecule has 0 radical (unpaired) electrons. The number of rotatable bonds is 11. The Morgan fingerprint density at radius 2 is 1.71 bits per heavy atom. The molecule has 28 heavy (non-hydrogen) atoms. The Balaban J connectivity index is 2.00. The number of carbonyl (C=O) groups excluding carboxylic acids is 2. The molecule has 150 valence electrons. The van der Waals surface area contributed by atoms with Gasteiger partial charge in [0.2, 0.25) is 6.41 Å². The Labute approximate surface area is 160 Å². The fourth-order valence-corrected chi connectivity index (χ4v) is 2.83. The Morgan fingerprint density at radius 1 is 1.00 bits per heavy atom. The molecule has 0 fully saturated rings. The molecule has 5 nitrogen and oxygen atoms in total. The lowest BCUT2D eigenvalue weighted by atomic mass is 10.0. The molecule has 2 aromatic carbocycles. The van der Waals surface area contributed by atoms with Crippen molar-refractivity contribution < 1.29 is 27.5 Å². The summed E-state index contributed by atoms with van der Waals surface area (Å²) in [6.07, 6.45) is -4.13. The molecule has 0 aliphatic heterocycles. The van der Waals surface area contributed by atoms with Gasteiger partial charge >= 0.3 is 6.18 Å². The van der Waals surface area contributed by atoms with Crippen LogP contribution < -0.4 is 10.6 Å². The van der Waals surface area contributed by atoms with Gasteiger partial charge in [-0.3, -0.25) is 9.59 Å².